The standard InChI is InChI=1S/C20H32O3/c1-5-17(2)10-7-14-19(4)9-6-8-18(3,13-21)15(19)11-16(22)20(14,23)12-17/h5,14-15,21,23H,1,6-13H2,2-4H3/t14-,15+,17-,18-,19+,20-/m1/s1. The van der Waals surface area contributed by atoms with Gasteiger partial charge in [-0.05, 0) is 54.3 Å². The van der Waals surface area contributed by atoms with Gasteiger partial charge in [-0.1, -0.05) is 33.3 Å². The van der Waals surface area contributed by atoms with Crippen LogP contribution in [0.15, 0.2) is 12.7 Å². The fourth-order valence-electron chi connectivity index (χ4n) is 6.35. The molecule has 2 N–H and O–H groups in total. The molecule has 3 rings (SSSR count). The molecule has 3 aliphatic carbocycles. The highest BCUT2D eigenvalue weighted by atomic mass is 16.3. The molecule has 3 saturated carbocycles. The Labute approximate surface area is 140 Å². The van der Waals surface area contributed by atoms with E-state index in [-0.39, 0.29) is 40.5 Å². The first-order valence-electron chi connectivity index (χ1n) is 9.14. The van der Waals surface area contributed by atoms with Gasteiger partial charge in [-0.25, -0.2) is 0 Å². The second-order valence-electron chi connectivity index (χ2n) is 9.40. The first kappa shape index (κ1) is 17.2. The quantitative estimate of drug-likeness (QED) is 0.766. The van der Waals surface area contributed by atoms with Crippen molar-refractivity contribution in [2.75, 3.05) is 6.61 Å². The van der Waals surface area contributed by atoms with Crippen molar-refractivity contribution in [3.63, 3.8) is 0 Å². The molecule has 0 aliphatic heterocycles. The first-order chi connectivity index (χ1) is 10.6. The van der Waals surface area contributed by atoms with Crippen molar-refractivity contribution < 1.29 is 15.0 Å². The van der Waals surface area contributed by atoms with E-state index < -0.39 is 5.60 Å². The Morgan fingerprint density at radius 2 is 1.91 bits per heavy atom. The molecule has 0 heterocycles. The van der Waals surface area contributed by atoms with Crippen LogP contribution >= 0.6 is 0 Å². The molecule has 3 fully saturated rings. The number of fused-ring (bicyclic) bond motifs is 3. The van der Waals surface area contributed by atoms with E-state index in [9.17, 15) is 15.0 Å². The molecule has 0 aromatic carbocycles. The van der Waals surface area contributed by atoms with Crippen molar-refractivity contribution in [1.29, 1.82) is 0 Å². The minimum Gasteiger partial charge on any atom is -0.396 e. The van der Waals surface area contributed by atoms with Crippen LogP contribution in [0.1, 0.15) is 65.7 Å². The number of carbonyl (C=O) groups excluding carboxylic acids is 1. The lowest BCUT2D eigenvalue weighted by Gasteiger charge is -2.63. The monoisotopic (exact) mass is 320 g/mol. The summed E-state index contributed by atoms with van der Waals surface area (Å²) in [6, 6.07) is 0. The van der Waals surface area contributed by atoms with Gasteiger partial charge in [-0.3, -0.25) is 4.79 Å². The number of carbonyl (C=O) groups is 1. The van der Waals surface area contributed by atoms with Crippen LogP contribution < -0.4 is 0 Å². The van der Waals surface area contributed by atoms with Crippen LogP contribution in [0, 0.1) is 28.1 Å². The van der Waals surface area contributed by atoms with Crippen LogP contribution in [0.25, 0.3) is 0 Å². The number of rotatable bonds is 2. The number of Topliss-reactive ketones (excluding diaryl/α,β-unsaturated/α-hetero) is 1. The maximum Gasteiger partial charge on any atom is 0.164 e. The summed E-state index contributed by atoms with van der Waals surface area (Å²) in [6.07, 6.45) is 7.79. The molecule has 130 valence electrons. The molecule has 0 aromatic rings. The van der Waals surface area contributed by atoms with Crippen molar-refractivity contribution in [3.05, 3.63) is 12.7 Å². The van der Waals surface area contributed by atoms with Gasteiger partial charge in [0.15, 0.2) is 5.78 Å². The summed E-state index contributed by atoms with van der Waals surface area (Å²) in [7, 11) is 0. The van der Waals surface area contributed by atoms with Crippen LogP contribution in [0.3, 0.4) is 0 Å². The van der Waals surface area contributed by atoms with Crippen LogP contribution in [0.5, 0.6) is 0 Å². The van der Waals surface area contributed by atoms with Crippen molar-refractivity contribution in [3.8, 4) is 0 Å². The summed E-state index contributed by atoms with van der Waals surface area (Å²) in [5, 5.41) is 21.4. The number of aliphatic hydroxyl groups is 2. The first-order valence-corrected chi connectivity index (χ1v) is 9.14. The fraction of sp³-hybridized carbons (Fsp3) is 0.850. The molecule has 3 aliphatic rings. The average molecular weight is 320 g/mol. The zero-order chi connectivity index (χ0) is 17.1. The van der Waals surface area contributed by atoms with Crippen LogP contribution in [0.4, 0.5) is 0 Å². The molecule has 0 unspecified atom stereocenters. The molecule has 0 radical (unpaired) electrons. The Morgan fingerprint density at radius 3 is 2.52 bits per heavy atom. The highest BCUT2D eigenvalue weighted by Gasteiger charge is 2.65. The third kappa shape index (κ3) is 2.26. The molecule has 0 amide bonds. The summed E-state index contributed by atoms with van der Waals surface area (Å²) in [4.78, 5) is 13.0. The molecule has 0 spiro atoms. The van der Waals surface area contributed by atoms with Gasteiger partial charge in [0.25, 0.3) is 0 Å². The smallest absolute Gasteiger partial charge is 0.164 e. The predicted octanol–water partition coefficient (Wildman–Crippen LogP) is 3.49. The van der Waals surface area contributed by atoms with Gasteiger partial charge in [0, 0.05) is 18.9 Å². The van der Waals surface area contributed by atoms with E-state index in [1.54, 1.807) is 0 Å². The predicted molar refractivity (Wildman–Crippen MR) is 90.9 cm³/mol. The van der Waals surface area contributed by atoms with Gasteiger partial charge in [0.05, 0.1) is 0 Å². The van der Waals surface area contributed by atoms with E-state index in [1.807, 2.05) is 6.08 Å². The summed E-state index contributed by atoms with van der Waals surface area (Å²) in [6.45, 7) is 10.6. The summed E-state index contributed by atoms with van der Waals surface area (Å²) < 4.78 is 0. The largest absolute Gasteiger partial charge is 0.396 e. The molecule has 23 heavy (non-hydrogen) atoms. The number of hydrogen-bond donors (Lipinski definition) is 2. The van der Waals surface area contributed by atoms with E-state index in [1.165, 1.54) is 0 Å². The number of allylic oxidation sites excluding steroid dienone is 1. The van der Waals surface area contributed by atoms with Crippen LogP contribution in [-0.4, -0.2) is 28.2 Å². The van der Waals surface area contributed by atoms with Gasteiger partial charge < -0.3 is 10.2 Å². The third-order valence-corrected chi connectivity index (χ3v) is 7.88. The van der Waals surface area contributed by atoms with Crippen molar-refractivity contribution in [2.24, 2.45) is 28.1 Å². The van der Waals surface area contributed by atoms with E-state index in [2.05, 4.69) is 27.4 Å². The molecule has 3 nitrogen and oxygen atoms in total. The summed E-state index contributed by atoms with van der Waals surface area (Å²) in [5.74, 6) is 0.194. The lowest BCUT2D eigenvalue weighted by Crippen LogP contribution is -2.66. The highest BCUT2D eigenvalue weighted by Crippen LogP contribution is 2.65. The Morgan fingerprint density at radius 1 is 1.22 bits per heavy atom. The zero-order valence-corrected chi connectivity index (χ0v) is 14.9. The zero-order valence-electron chi connectivity index (χ0n) is 14.9. The van der Waals surface area contributed by atoms with E-state index in [4.69, 9.17) is 0 Å². The van der Waals surface area contributed by atoms with Gasteiger partial charge in [-0.15, -0.1) is 6.58 Å². The molecular formula is C20H32O3. The maximum atomic E-state index is 13.0. The van der Waals surface area contributed by atoms with Crippen LogP contribution in [-0.2, 0) is 4.79 Å². The Balaban J connectivity index is 2.03. The van der Waals surface area contributed by atoms with Crippen molar-refractivity contribution in [1.82, 2.24) is 0 Å². The maximum absolute atomic E-state index is 13.0. The molecule has 6 atom stereocenters. The third-order valence-electron chi connectivity index (χ3n) is 7.88. The van der Waals surface area contributed by atoms with Gasteiger partial charge in [0.2, 0.25) is 0 Å². The summed E-state index contributed by atoms with van der Waals surface area (Å²) in [5.41, 5.74) is -1.61. The Hall–Kier alpha value is -0.670. The summed E-state index contributed by atoms with van der Waals surface area (Å²) >= 11 is 0. The second-order valence-corrected chi connectivity index (χ2v) is 9.40. The minimum atomic E-state index is -1.21. The van der Waals surface area contributed by atoms with E-state index >= 15 is 0 Å². The average Bonchev–Trinajstić information content (AvgIpc) is 2.50. The molecule has 0 bridgehead atoms. The highest BCUT2D eigenvalue weighted by molar-refractivity contribution is 5.89. The SMILES string of the molecule is C=C[C@]1(C)CC[C@@H]2[C@]3(C)CCC[C@](C)(CO)[C@@H]3CC(=O)[C@@]2(O)C1. The Bertz CT molecular complexity index is 529. The number of hydrogen-bond acceptors (Lipinski definition) is 3. The lowest BCUT2D eigenvalue weighted by molar-refractivity contribution is -0.206. The topological polar surface area (TPSA) is 57.5 Å². The van der Waals surface area contributed by atoms with Gasteiger partial charge >= 0.3 is 0 Å². The van der Waals surface area contributed by atoms with E-state index in [0.29, 0.717) is 12.8 Å². The molecule has 0 aromatic heterocycles. The van der Waals surface area contributed by atoms with Gasteiger partial charge in [-0.2, -0.15) is 0 Å². The molecule has 0 saturated heterocycles. The Kier molecular flexibility index (Phi) is 3.85. The molecular weight excluding hydrogens is 288 g/mol. The minimum absolute atomic E-state index is 0.000625. The second kappa shape index (κ2) is 5.16. The number of ketones is 1. The normalized spacial score (nSPS) is 53.3. The van der Waals surface area contributed by atoms with Gasteiger partial charge in [0.1, 0.15) is 5.60 Å². The lowest BCUT2D eigenvalue weighted by atomic mass is 9.41. The molecule has 3 heteroatoms. The van der Waals surface area contributed by atoms with Crippen molar-refractivity contribution >= 4 is 5.78 Å². The number of aliphatic hydroxyl groups excluding tert-OH is 1. The van der Waals surface area contributed by atoms with Crippen molar-refractivity contribution in [2.45, 2.75) is 71.3 Å². The fourth-order valence-corrected chi connectivity index (χ4v) is 6.35. The van der Waals surface area contributed by atoms with E-state index in [0.717, 1.165) is 32.1 Å². The van der Waals surface area contributed by atoms with Crippen LogP contribution in [0.2, 0.25) is 0 Å².